The van der Waals surface area contributed by atoms with E-state index in [4.69, 9.17) is 9.72 Å². The molecule has 0 aliphatic heterocycles. The molecular weight excluding hydrogens is 382 g/mol. The zero-order valence-corrected chi connectivity index (χ0v) is 16.6. The van der Waals surface area contributed by atoms with Gasteiger partial charge in [0.05, 0.1) is 28.4 Å². The van der Waals surface area contributed by atoms with Gasteiger partial charge in [-0.15, -0.1) is 22.7 Å². The second-order valence-electron chi connectivity index (χ2n) is 5.71. The molecule has 0 saturated heterocycles. The van der Waals surface area contributed by atoms with Crippen LogP contribution in [0.3, 0.4) is 0 Å². The third-order valence-corrected chi connectivity index (χ3v) is 5.78. The molecule has 0 atom stereocenters. The average Bonchev–Trinajstić information content (AvgIpc) is 3.39. The summed E-state index contributed by atoms with van der Waals surface area (Å²) in [7, 11) is 3.26. The molecule has 4 aromatic rings. The number of amides is 1. The Morgan fingerprint density at radius 3 is 2.85 bits per heavy atom. The van der Waals surface area contributed by atoms with Crippen LogP contribution in [0.25, 0.3) is 17.0 Å². The summed E-state index contributed by atoms with van der Waals surface area (Å²) in [4.78, 5) is 21.7. The number of nitrogens with one attached hydrogen (secondary N) is 2. The van der Waals surface area contributed by atoms with E-state index >= 15 is 0 Å². The van der Waals surface area contributed by atoms with Gasteiger partial charge in [0.25, 0.3) is 5.91 Å². The Balaban J connectivity index is 1.67. The fourth-order valence-electron chi connectivity index (χ4n) is 2.83. The SMILES string of the molecule is CNC(=O)c1ccc(Nc2nc(-c3c(C)nc4cccc(OC)n34)cs2)s1. The summed E-state index contributed by atoms with van der Waals surface area (Å²) in [6.07, 6.45) is 0. The minimum atomic E-state index is -0.0960. The smallest absolute Gasteiger partial charge is 0.261 e. The Morgan fingerprint density at radius 1 is 1.22 bits per heavy atom. The number of carbonyl (C=O) groups excluding carboxylic acids is 1. The number of methoxy groups -OCH3 is 1. The van der Waals surface area contributed by atoms with E-state index in [9.17, 15) is 4.79 Å². The van der Waals surface area contributed by atoms with Crippen LogP contribution < -0.4 is 15.4 Å². The van der Waals surface area contributed by atoms with Gasteiger partial charge in [-0.05, 0) is 31.2 Å². The number of ether oxygens (including phenoxy) is 1. The van der Waals surface area contributed by atoms with Gasteiger partial charge in [-0.25, -0.2) is 9.97 Å². The number of aryl methyl sites for hydroxylation is 1. The summed E-state index contributed by atoms with van der Waals surface area (Å²) in [6, 6.07) is 9.42. The summed E-state index contributed by atoms with van der Waals surface area (Å²) in [5.74, 6) is 0.611. The fourth-order valence-corrected chi connectivity index (χ4v) is 4.46. The van der Waals surface area contributed by atoms with E-state index in [1.807, 2.05) is 41.0 Å². The highest BCUT2D eigenvalue weighted by molar-refractivity contribution is 7.18. The molecule has 138 valence electrons. The maximum Gasteiger partial charge on any atom is 0.261 e. The molecule has 0 aliphatic rings. The van der Waals surface area contributed by atoms with E-state index in [0.717, 1.165) is 32.9 Å². The van der Waals surface area contributed by atoms with Crippen LogP contribution in [0.1, 0.15) is 15.4 Å². The van der Waals surface area contributed by atoms with E-state index in [1.165, 1.54) is 22.7 Å². The first-order valence-electron chi connectivity index (χ1n) is 8.17. The van der Waals surface area contributed by atoms with E-state index in [1.54, 1.807) is 20.2 Å². The van der Waals surface area contributed by atoms with Crippen LogP contribution >= 0.6 is 22.7 Å². The topological polar surface area (TPSA) is 80.5 Å². The fraction of sp³-hybridized carbons (Fsp3) is 0.167. The van der Waals surface area contributed by atoms with Crippen LogP contribution in [0.15, 0.2) is 35.7 Å². The molecule has 0 spiro atoms. The Hall–Kier alpha value is -2.91. The molecule has 0 fully saturated rings. The molecule has 4 heterocycles. The van der Waals surface area contributed by atoms with Gasteiger partial charge in [-0.1, -0.05) is 6.07 Å². The molecule has 0 aromatic carbocycles. The lowest BCUT2D eigenvalue weighted by Crippen LogP contribution is -2.15. The first kappa shape index (κ1) is 17.5. The van der Waals surface area contributed by atoms with Crippen molar-refractivity contribution in [2.75, 3.05) is 19.5 Å². The largest absolute Gasteiger partial charge is 0.482 e. The minimum absolute atomic E-state index is 0.0960. The number of anilines is 2. The molecule has 0 bridgehead atoms. The van der Waals surface area contributed by atoms with Crippen LogP contribution in [-0.2, 0) is 0 Å². The van der Waals surface area contributed by atoms with Crippen molar-refractivity contribution in [3.63, 3.8) is 0 Å². The van der Waals surface area contributed by atoms with Crippen molar-refractivity contribution in [1.29, 1.82) is 0 Å². The number of fused-ring (bicyclic) bond motifs is 1. The number of hydrogen-bond donors (Lipinski definition) is 2. The maximum absolute atomic E-state index is 11.7. The van der Waals surface area contributed by atoms with Gasteiger partial charge in [-0.2, -0.15) is 0 Å². The Morgan fingerprint density at radius 2 is 2.07 bits per heavy atom. The predicted molar refractivity (Wildman–Crippen MR) is 109 cm³/mol. The Kier molecular flexibility index (Phi) is 4.54. The van der Waals surface area contributed by atoms with Crippen molar-refractivity contribution in [2.45, 2.75) is 6.92 Å². The number of pyridine rings is 1. The number of thiophene rings is 1. The van der Waals surface area contributed by atoms with E-state index in [2.05, 4.69) is 15.6 Å². The molecule has 1 amide bonds. The molecule has 0 unspecified atom stereocenters. The molecule has 4 aromatic heterocycles. The molecule has 0 aliphatic carbocycles. The average molecular weight is 400 g/mol. The highest BCUT2D eigenvalue weighted by Gasteiger charge is 2.17. The molecular formula is C18H17N5O2S2. The van der Waals surface area contributed by atoms with Gasteiger partial charge < -0.3 is 15.4 Å². The summed E-state index contributed by atoms with van der Waals surface area (Å²) in [5, 5.41) is 9.49. The molecule has 0 saturated carbocycles. The number of carbonyl (C=O) groups is 1. The van der Waals surface area contributed by atoms with Gasteiger partial charge in [0.2, 0.25) is 0 Å². The lowest BCUT2D eigenvalue weighted by Gasteiger charge is -2.06. The lowest BCUT2D eigenvalue weighted by molar-refractivity contribution is 0.0967. The normalized spacial score (nSPS) is 10.9. The number of rotatable bonds is 5. The Labute approximate surface area is 163 Å². The first-order valence-corrected chi connectivity index (χ1v) is 9.87. The maximum atomic E-state index is 11.7. The van der Waals surface area contributed by atoms with E-state index in [-0.39, 0.29) is 5.91 Å². The number of imidazole rings is 1. The van der Waals surface area contributed by atoms with Gasteiger partial charge >= 0.3 is 0 Å². The number of nitrogens with zero attached hydrogens (tertiary/aromatic N) is 3. The second-order valence-corrected chi connectivity index (χ2v) is 7.66. The van der Waals surface area contributed by atoms with Crippen molar-refractivity contribution in [2.24, 2.45) is 0 Å². The highest BCUT2D eigenvalue weighted by Crippen LogP contribution is 2.33. The van der Waals surface area contributed by atoms with Crippen LogP contribution in [0.4, 0.5) is 10.1 Å². The summed E-state index contributed by atoms with van der Waals surface area (Å²) >= 11 is 2.88. The summed E-state index contributed by atoms with van der Waals surface area (Å²) in [5.41, 5.74) is 3.43. The third kappa shape index (κ3) is 3.15. The van der Waals surface area contributed by atoms with Gasteiger partial charge in [0.15, 0.2) is 11.0 Å². The molecule has 4 rings (SSSR count). The monoisotopic (exact) mass is 399 g/mol. The predicted octanol–water partition coefficient (Wildman–Crippen LogP) is 3.94. The van der Waals surface area contributed by atoms with Crippen LogP contribution in [0.5, 0.6) is 5.88 Å². The second kappa shape index (κ2) is 7.01. The number of hydrogen-bond acceptors (Lipinski definition) is 7. The number of aromatic nitrogens is 3. The van der Waals surface area contributed by atoms with Crippen molar-refractivity contribution >= 4 is 44.4 Å². The zero-order chi connectivity index (χ0) is 19.0. The van der Waals surface area contributed by atoms with Crippen LogP contribution in [-0.4, -0.2) is 34.4 Å². The molecule has 2 N–H and O–H groups in total. The summed E-state index contributed by atoms with van der Waals surface area (Å²) < 4.78 is 7.45. The van der Waals surface area contributed by atoms with Crippen molar-refractivity contribution < 1.29 is 9.53 Å². The molecule has 0 radical (unpaired) electrons. The molecule has 7 nitrogen and oxygen atoms in total. The van der Waals surface area contributed by atoms with Crippen molar-refractivity contribution in [1.82, 2.24) is 19.7 Å². The number of thiazole rings is 1. The lowest BCUT2D eigenvalue weighted by atomic mass is 10.3. The quantitative estimate of drug-likeness (QED) is 0.531. The van der Waals surface area contributed by atoms with E-state index < -0.39 is 0 Å². The third-order valence-electron chi connectivity index (χ3n) is 4.03. The van der Waals surface area contributed by atoms with Crippen molar-refractivity contribution in [3.05, 3.63) is 46.3 Å². The van der Waals surface area contributed by atoms with Gasteiger partial charge in [0.1, 0.15) is 11.3 Å². The highest BCUT2D eigenvalue weighted by atomic mass is 32.1. The Bertz CT molecular complexity index is 1130. The minimum Gasteiger partial charge on any atom is -0.482 e. The van der Waals surface area contributed by atoms with Gasteiger partial charge in [-0.3, -0.25) is 9.20 Å². The molecule has 9 heteroatoms. The zero-order valence-electron chi connectivity index (χ0n) is 14.9. The van der Waals surface area contributed by atoms with Crippen LogP contribution in [0.2, 0.25) is 0 Å². The van der Waals surface area contributed by atoms with Crippen LogP contribution in [0, 0.1) is 6.92 Å². The van der Waals surface area contributed by atoms with E-state index in [0.29, 0.717) is 10.8 Å². The standard InChI is InChI=1S/C18H17N5O2S2/c1-10-16(23-13(20-10)5-4-6-15(23)25-3)11-9-26-18(21-11)22-14-8-7-12(27-14)17(24)19-2/h4-9H,1-3H3,(H,19,24)(H,21,22). The van der Waals surface area contributed by atoms with Crippen molar-refractivity contribution in [3.8, 4) is 17.3 Å². The molecule has 27 heavy (non-hydrogen) atoms. The first-order chi connectivity index (χ1) is 13.1. The van der Waals surface area contributed by atoms with Gasteiger partial charge in [0, 0.05) is 12.4 Å². The summed E-state index contributed by atoms with van der Waals surface area (Å²) in [6.45, 7) is 1.96.